The van der Waals surface area contributed by atoms with Crippen LogP contribution >= 0.6 is 58.0 Å². The maximum atomic E-state index is 13.1. The van der Waals surface area contributed by atoms with Gasteiger partial charge in [0.1, 0.15) is 6.04 Å². The van der Waals surface area contributed by atoms with Crippen LogP contribution in [-0.2, 0) is 14.3 Å². The molecule has 7 nitrogen and oxygen atoms in total. The number of fused-ring (bicyclic) bond motifs is 1. The molecule has 12 heteroatoms. The normalized spacial score (nSPS) is 13.9. The van der Waals surface area contributed by atoms with E-state index >= 15 is 0 Å². The SMILES string of the molecule is CC(C)[C@@H](C(=O)OCC(=O)Nc1ccc(Cl)cc1)N1C(=O)c2c(Cl)c(Cl)c(Cl)c(Cl)c2C1=O. The number of hydrogen-bond acceptors (Lipinski definition) is 5. The zero-order valence-corrected chi connectivity index (χ0v) is 20.8. The average molecular weight is 553 g/mol. The van der Waals surface area contributed by atoms with Gasteiger partial charge in [-0.25, -0.2) is 4.79 Å². The molecule has 1 atom stereocenters. The van der Waals surface area contributed by atoms with E-state index in [2.05, 4.69) is 5.32 Å². The minimum Gasteiger partial charge on any atom is -0.454 e. The van der Waals surface area contributed by atoms with E-state index in [0.29, 0.717) is 15.6 Å². The average Bonchev–Trinajstić information content (AvgIpc) is 3.01. The molecule has 3 amide bonds. The van der Waals surface area contributed by atoms with Crippen LogP contribution in [0.3, 0.4) is 0 Å². The number of rotatable bonds is 6. The van der Waals surface area contributed by atoms with Crippen molar-refractivity contribution in [1.82, 2.24) is 4.90 Å². The third-order valence-electron chi connectivity index (χ3n) is 4.76. The minimum absolute atomic E-state index is 0.187. The third kappa shape index (κ3) is 4.93. The first-order valence-electron chi connectivity index (χ1n) is 9.41. The Balaban J connectivity index is 1.80. The third-order valence-corrected chi connectivity index (χ3v) is 6.81. The van der Waals surface area contributed by atoms with Crippen molar-refractivity contribution < 1.29 is 23.9 Å². The molecule has 1 aliphatic rings. The van der Waals surface area contributed by atoms with Gasteiger partial charge < -0.3 is 10.1 Å². The van der Waals surface area contributed by atoms with Crippen molar-refractivity contribution in [3.63, 3.8) is 0 Å². The number of halogens is 5. The lowest BCUT2D eigenvalue weighted by molar-refractivity contribution is -0.152. The number of nitrogens with one attached hydrogen (secondary N) is 1. The molecule has 1 heterocycles. The lowest BCUT2D eigenvalue weighted by Crippen LogP contribution is -2.49. The number of amides is 3. The quantitative estimate of drug-likeness (QED) is 0.213. The minimum atomic E-state index is -1.36. The summed E-state index contributed by atoms with van der Waals surface area (Å²) in [6.07, 6.45) is 0. The molecule has 0 spiro atoms. The molecular formula is C21H15Cl5N2O5. The van der Waals surface area contributed by atoms with Crippen LogP contribution < -0.4 is 5.32 Å². The van der Waals surface area contributed by atoms with Crippen LogP contribution in [0.25, 0.3) is 0 Å². The number of carbonyl (C=O) groups excluding carboxylic acids is 4. The summed E-state index contributed by atoms with van der Waals surface area (Å²) in [5.74, 6) is -3.90. The Bertz CT molecular complexity index is 1120. The van der Waals surface area contributed by atoms with Gasteiger partial charge in [0.25, 0.3) is 17.7 Å². The van der Waals surface area contributed by atoms with Crippen molar-refractivity contribution in [3.8, 4) is 0 Å². The maximum Gasteiger partial charge on any atom is 0.330 e. The van der Waals surface area contributed by atoms with E-state index in [1.54, 1.807) is 38.1 Å². The van der Waals surface area contributed by atoms with Crippen molar-refractivity contribution in [1.29, 1.82) is 0 Å². The summed E-state index contributed by atoms with van der Waals surface area (Å²) >= 11 is 30.1. The Kier molecular flexibility index (Phi) is 7.81. The predicted molar refractivity (Wildman–Crippen MR) is 127 cm³/mol. The van der Waals surface area contributed by atoms with Gasteiger partial charge in [-0.05, 0) is 30.2 Å². The van der Waals surface area contributed by atoms with Crippen LogP contribution in [0, 0.1) is 5.92 Å². The van der Waals surface area contributed by atoms with Crippen molar-refractivity contribution in [2.75, 3.05) is 11.9 Å². The number of esters is 1. The summed E-state index contributed by atoms with van der Waals surface area (Å²) in [5, 5.41) is 2.15. The number of carbonyl (C=O) groups is 4. The van der Waals surface area contributed by atoms with Gasteiger partial charge in [-0.1, -0.05) is 71.9 Å². The molecular weight excluding hydrogens is 538 g/mol. The summed E-state index contributed by atoms with van der Waals surface area (Å²) in [4.78, 5) is 51.8. The Morgan fingerprint density at radius 3 is 1.82 bits per heavy atom. The van der Waals surface area contributed by atoms with E-state index in [1.165, 1.54) is 0 Å². The van der Waals surface area contributed by atoms with Crippen molar-refractivity contribution in [2.45, 2.75) is 19.9 Å². The molecule has 0 aromatic heterocycles. The van der Waals surface area contributed by atoms with Gasteiger partial charge in [0, 0.05) is 10.7 Å². The van der Waals surface area contributed by atoms with Crippen LogP contribution in [-0.4, -0.2) is 41.2 Å². The van der Waals surface area contributed by atoms with E-state index in [9.17, 15) is 19.2 Å². The van der Waals surface area contributed by atoms with E-state index in [4.69, 9.17) is 62.7 Å². The molecule has 0 fully saturated rings. The van der Waals surface area contributed by atoms with Gasteiger partial charge in [-0.2, -0.15) is 0 Å². The Morgan fingerprint density at radius 2 is 1.36 bits per heavy atom. The van der Waals surface area contributed by atoms with Gasteiger partial charge in [-0.15, -0.1) is 0 Å². The van der Waals surface area contributed by atoms with Crippen LogP contribution in [0.15, 0.2) is 24.3 Å². The molecule has 1 aliphatic heterocycles. The lowest BCUT2D eigenvalue weighted by Gasteiger charge is -2.27. The number of benzene rings is 2. The van der Waals surface area contributed by atoms with Crippen LogP contribution in [0.1, 0.15) is 34.6 Å². The summed E-state index contributed by atoms with van der Waals surface area (Å²) in [7, 11) is 0. The Labute approximate surface area is 213 Å². The lowest BCUT2D eigenvalue weighted by atomic mass is 10.0. The van der Waals surface area contributed by atoms with Crippen LogP contribution in [0.5, 0.6) is 0 Å². The molecule has 0 saturated heterocycles. The summed E-state index contributed by atoms with van der Waals surface area (Å²) in [6, 6.07) is 4.94. The van der Waals surface area contributed by atoms with E-state index in [1.807, 2.05) is 0 Å². The van der Waals surface area contributed by atoms with E-state index < -0.39 is 42.3 Å². The molecule has 0 radical (unpaired) electrons. The first kappa shape index (κ1) is 25.6. The highest BCUT2D eigenvalue weighted by Gasteiger charge is 2.48. The largest absolute Gasteiger partial charge is 0.454 e. The number of anilines is 1. The molecule has 2 aromatic carbocycles. The predicted octanol–water partition coefficient (Wildman–Crippen LogP) is 5.76. The second-order valence-electron chi connectivity index (χ2n) is 7.34. The van der Waals surface area contributed by atoms with Gasteiger partial charge in [-0.3, -0.25) is 19.3 Å². The van der Waals surface area contributed by atoms with E-state index in [0.717, 1.165) is 0 Å². The molecule has 1 N–H and O–H groups in total. The van der Waals surface area contributed by atoms with Gasteiger partial charge in [0.05, 0.1) is 31.2 Å². The highest BCUT2D eigenvalue weighted by molar-refractivity contribution is 6.55. The van der Waals surface area contributed by atoms with Crippen molar-refractivity contribution in [2.24, 2.45) is 5.92 Å². The second kappa shape index (κ2) is 10.1. The molecule has 0 saturated carbocycles. The highest BCUT2D eigenvalue weighted by Crippen LogP contribution is 2.45. The summed E-state index contributed by atoms with van der Waals surface area (Å²) in [6.45, 7) is 2.56. The van der Waals surface area contributed by atoms with Crippen molar-refractivity contribution >= 4 is 87.4 Å². The van der Waals surface area contributed by atoms with Crippen LogP contribution in [0.4, 0.5) is 5.69 Å². The van der Waals surface area contributed by atoms with Gasteiger partial charge in [0.2, 0.25) is 0 Å². The number of ether oxygens (including phenoxy) is 1. The van der Waals surface area contributed by atoms with Gasteiger partial charge >= 0.3 is 5.97 Å². The fourth-order valence-corrected chi connectivity index (χ4v) is 4.39. The van der Waals surface area contributed by atoms with Crippen LogP contribution in [0.2, 0.25) is 25.1 Å². The van der Waals surface area contributed by atoms with Gasteiger partial charge in [0.15, 0.2) is 6.61 Å². The fraction of sp³-hybridized carbons (Fsp3) is 0.238. The number of hydrogen-bond donors (Lipinski definition) is 1. The Hall–Kier alpha value is -2.03. The number of nitrogens with zero attached hydrogens (tertiary/aromatic N) is 1. The zero-order chi connectivity index (χ0) is 24.6. The highest BCUT2D eigenvalue weighted by atomic mass is 35.5. The standard InChI is InChI=1S/C21H15Cl5N2O5/c1-8(2)18(21(32)33-7-11(29)27-10-5-3-9(22)4-6-10)28-19(30)12-13(20(28)31)15(24)17(26)16(25)14(12)23/h3-6,8,18H,7H2,1-2H3,(H,27,29)/t18-/m0/s1. The number of imide groups is 1. The molecule has 0 unspecified atom stereocenters. The van der Waals surface area contributed by atoms with E-state index in [-0.39, 0.29) is 31.2 Å². The summed E-state index contributed by atoms with van der Waals surface area (Å²) < 4.78 is 5.10. The molecule has 3 rings (SSSR count). The fourth-order valence-electron chi connectivity index (χ4n) is 3.25. The molecule has 33 heavy (non-hydrogen) atoms. The maximum absolute atomic E-state index is 13.1. The second-order valence-corrected chi connectivity index (χ2v) is 9.29. The smallest absolute Gasteiger partial charge is 0.330 e. The molecule has 174 valence electrons. The Morgan fingerprint density at radius 1 is 0.879 bits per heavy atom. The summed E-state index contributed by atoms with van der Waals surface area (Å²) in [5.41, 5.74) is -0.0563. The molecule has 0 bridgehead atoms. The first-order chi connectivity index (χ1) is 15.5. The molecule has 0 aliphatic carbocycles. The molecule has 2 aromatic rings. The zero-order valence-electron chi connectivity index (χ0n) is 17.0. The monoisotopic (exact) mass is 550 g/mol. The van der Waals surface area contributed by atoms with Crippen molar-refractivity contribution in [3.05, 3.63) is 60.5 Å². The first-order valence-corrected chi connectivity index (χ1v) is 11.3. The topological polar surface area (TPSA) is 92.8 Å².